The van der Waals surface area contributed by atoms with Crippen molar-refractivity contribution in [3.05, 3.63) is 29.8 Å². The number of benzene rings is 1. The molecular formula is C12H15NO4S. The third-order valence-corrected chi connectivity index (χ3v) is 4.62. The van der Waals surface area contributed by atoms with E-state index in [9.17, 15) is 13.2 Å². The minimum atomic E-state index is -3.02. The lowest BCUT2D eigenvalue weighted by atomic mass is 10.1. The first-order valence-electron chi connectivity index (χ1n) is 5.69. The summed E-state index contributed by atoms with van der Waals surface area (Å²) in [5.41, 5.74) is 6.95. The van der Waals surface area contributed by atoms with Gasteiger partial charge in [0.1, 0.15) is 6.10 Å². The van der Waals surface area contributed by atoms with E-state index in [1.165, 1.54) is 0 Å². The zero-order valence-electron chi connectivity index (χ0n) is 9.83. The predicted octanol–water partition coefficient (Wildman–Crippen LogP) is 0.542. The Hall–Kier alpha value is -1.56. The maximum absolute atomic E-state index is 11.7. The molecular weight excluding hydrogens is 254 g/mol. The molecule has 18 heavy (non-hydrogen) atoms. The van der Waals surface area contributed by atoms with Crippen LogP contribution >= 0.6 is 0 Å². The third-order valence-electron chi connectivity index (χ3n) is 2.88. The maximum Gasteiger partial charge on any atom is 0.310 e. The zero-order chi connectivity index (χ0) is 13.2. The Labute approximate surface area is 106 Å². The van der Waals surface area contributed by atoms with Crippen molar-refractivity contribution in [2.24, 2.45) is 0 Å². The molecule has 2 rings (SSSR count). The van der Waals surface area contributed by atoms with Crippen LogP contribution in [0.15, 0.2) is 24.3 Å². The van der Waals surface area contributed by atoms with E-state index < -0.39 is 21.9 Å². The molecule has 1 aromatic carbocycles. The molecule has 98 valence electrons. The number of carbonyl (C=O) groups excluding carboxylic acids is 1. The first kappa shape index (κ1) is 12.9. The Bertz CT molecular complexity index is 553. The van der Waals surface area contributed by atoms with Crippen LogP contribution in [0.25, 0.3) is 0 Å². The molecule has 1 aromatic rings. The Morgan fingerprint density at radius 3 is 2.72 bits per heavy atom. The van der Waals surface area contributed by atoms with Crippen molar-refractivity contribution < 1.29 is 17.9 Å². The Kier molecular flexibility index (Phi) is 3.56. The standard InChI is InChI=1S/C12H15NO4S/c13-11-4-2-1-3-9(11)7-12(14)17-10-5-6-18(15,16)8-10/h1-4,10H,5-8,13H2. The fraction of sp³-hybridized carbons (Fsp3) is 0.417. The molecule has 0 aliphatic carbocycles. The average Bonchev–Trinajstić information content (AvgIpc) is 2.61. The summed E-state index contributed by atoms with van der Waals surface area (Å²) in [4.78, 5) is 11.7. The highest BCUT2D eigenvalue weighted by Gasteiger charge is 2.30. The highest BCUT2D eigenvalue weighted by molar-refractivity contribution is 7.91. The molecule has 0 saturated carbocycles. The molecule has 1 aliphatic rings. The lowest BCUT2D eigenvalue weighted by Crippen LogP contribution is -2.20. The summed E-state index contributed by atoms with van der Waals surface area (Å²) in [6.45, 7) is 0. The van der Waals surface area contributed by atoms with Crippen LogP contribution in [0.2, 0.25) is 0 Å². The number of rotatable bonds is 3. The number of sulfone groups is 1. The van der Waals surface area contributed by atoms with Crippen LogP contribution in [0.1, 0.15) is 12.0 Å². The molecule has 0 amide bonds. The van der Waals surface area contributed by atoms with E-state index in [4.69, 9.17) is 10.5 Å². The topological polar surface area (TPSA) is 86.5 Å². The van der Waals surface area contributed by atoms with Crippen LogP contribution in [0, 0.1) is 0 Å². The summed E-state index contributed by atoms with van der Waals surface area (Å²) >= 11 is 0. The molecule has 0 bridgehead atoms. The molecule has 2 N–H and O–H groups in total. The number of para-hydroxylation sites is 1. The van der Waals surface area contributed by atoms with Crippen LogP contribution in [0.5, 0.6) is 0 Å². The second-order valence-corrected chi connectivity index (χ2v) is 6.62. The van der Waals surface area contributed by atoms with Gasteiger partial charge in [-0.2, -0.15) is 0 Å². The molecule has 1 aliphatic heterocycles. The van der Waals surface area contributed by atoms with Gasteiger partial charge in [-0.25, -0.2) is 8.42 Å². The normalized spacial score (nSPS) is 21.7. The van der Waals surface area contributed by atoms with Crippen molar-refractivity contribution in [2.45, 2.75) is 18.9 Å². The van der Waals surface area contributed by atoms with Gasteiger partial charge in [-0.3, -0.25) is 4.79 Å². The lowest BCUT2D eigenvalue weighted by Gasteiger charge is -2.11. The molecule has 1 heterocycles. The summed E-state index contributed by atoms with van der Waals surface area (Å²) in [5.74, 6) is -0.406. The van der Waals surface area contributed by atoms with Gasteiger partial charge in [-0.15, -0.1) is 0 Å². The summed E-state index contributed by atoms with van der Waals surface area (Å²) < 4.78 is 27.6. The fourth-order valence-electron chi connectivity index (χ4n) is 1.93. The predicted molar refractivity (Wildman–Crippen MR) is 67.7 cm³/mol. The van der Waals surface area contributed by atoms with Crippen molar-refractivity contribution >= 4 is 21.5 Å². The van der Waals surface area contributed by atoms with Crippen molar-refractivity contribution in [2.75, 3.05) is 17.2 Å². The monoisotopic (exact) mass is 269 g/mol. The van der Waals surface area contributed by atoms with Gasteiger partial charge in [0.2, 0.25) is 0 Å². The molecule has 0 radical (unpaired) electrons. The number of ether oxygens (including phenoxy) is 1. The molecule has 1 saturated heterocycles. The van der Waals surface area contributed by atoms with Gasteiger partial charge >= 0.3 is 5.97 Å². The summed E-state index contributed by atoms with van der Waals surface area (Å²) in [6.07, 6.45) is -0.0471. The van der Waals surface area contributed by atoms with E-state index in [0.29, 0.717) is 17.7 Å². The van der Waals surface area contributed by atoms with Gasteiger partial charge in [0.25, 0.3) is 0 Å². The fourth-order valence-corrected chi connectivity index (χ4v) is 3.52. The van der Waals surface area contributed by atoms with Gasteiger partial charge in [0.15, 0.2) is 9.84 Å². The Morgan fingerprint density at radius 1 is 1.39 bits per heavy atom. The van der Waals surface area contributed by atoms with Gasteiger partial charge in [0.05, 0.1) is 17.9 Å². The van der Waals surface area contributed by atoms with Crippen molar-refractivity contribution in [3.63, 3.8) is 0 Å². The number of carbonyl (C=O) groups is 1. The minimum absolute atomic E-state index is 0.0665. The van der Waals surface area contributed by atoms with Gasteiger partial charge < -0.3 is 10.5 Å². The van der Waals surface area contributed by atoms with Gasteiger partial charge in [-0.1, -0.05) is 18.2 Å². The molecule has 1 fully saturated rings. The SMILES string of the molecule is Nc1ccccc1CC(=O)OC1CCS(=O)(=O)C1. The summed E-state index contributed by atoms with van der Waals surface area (Å²) in [6, 6.07) is 7.04. The smallest absolute Gasteiger partial charge is 0.310 e. The third kappa shape index (κ3) is 3.22. The maximum atomic E-state index is 11.7. The Morgan fingerprint density at radius 2 is 2.11 bits per heavy atom. The van der Waals surface area contributed by atoms with E-state index in [-0.39, 0.29) is 17.9 Å². The van der Waals surface area contributed by atoms with Crippen molar-refractivity contribution in [1.29, 1.82) is 0 Å². The van der Waals surface area contributed by atoms with Crippen LogP contribution < -0.4 is 5.73 Å². The number of hydrogen-bond acceptors (Lipinski definition) is 5. The second-order valence-electron chi connectivity index (χ2n) is 4.39. The van der Waals surface area contributed by atoms with E-state index >= 15 is 0 Å². The molecule has 1 atom stereocenters. The zero-order valence-corrected chi connectivity index (χ0v) is 10.7. The largest absolute Gasteiger partial charge is 0.461 e. The van der Waals surface area contributed by atoms with E-state index in [0.717, 1.165) is 0 Å². The minimum Gasteiger partial charge on any atom is -0.461 e. The molecule has 6 heteroatoms. The highest BCUT2D eigenvalue weighted by atomic mass is 32.2. The van der Waals surface area contributed by atoms with Crippen LogP contribution in [-0.2, 0) is 25.8 Å². The molecule has 0 spiro atoms. The van der Waals surface area contributed by atoms with Crippen LogP contribution in [0.3, 0.4) is 0 Å². The highest BCUT2D eigenvalue weighted by Crippen LogP contribution is 2.17. The lowest BCUT2D eigenvalue weighted by molar-refractivity contribution is -0.146. The first-order chi connectivity index (χ1) is 8.46. The number of esters is 1. The van der Waals surface area contributed by atoms with E-state index in [2.05, 4.69) is 0 Å². The van der Waals surface area contributed by atoms with Crippen LogP contribution in [0.4, 0.5) is 5.69 Å². The first-order valence-corrected chi connectivity index (χ1v) is 7.52. The van der Waals surface area contributed by atoms with Crippen LogP contribution in [-0.4, -0.2) is 32.0 Å². The number of nitrogen functional groups attached to an aromatic ring is 1. The van der Waals surface area contributed by atoms with E-state index in [1.807, 2.05) is 0 Å². The summed E-state index contributed by atoms with van der Waals surface area (Å²) in [5, 5.41) is 0. The summed E-state index contributed by atoms with van der Waals surface area (Å²) in [7, 11) is -3.02. The number of nitrogens with two attached hydrogens (primary N) is 1. The molecule has 0 aromatic heterocycles. The van der Waals surface area contributed by atoms with Crippen molar-refractivity contribution in [1.82, 2.24) is 0 Å². The quantitative estimate of drug-likeness (QED) is 0.639. The van der Waals surface area contributed by atoms with Gasteiger partial charge in [-0.05, 0) is 18.1 Å². The Balaban J connectivity index is 1.92. The second kappa shape index (κ2) is 4.97. The number of hydrogen-bond donors (Lipinski definition) is 1. The molecule has 1 unspecified atom stereocenters. The number of anilines is 1. The average molecular weight is 269 g/mol. The van der Waals surface area contributed by atoms with E-state index in [1.54, 1.807) is 24.3 Å². The van der Waals surface area contributed by atoms with Crippen molar-refractivity contribution in [3.8, 4) is 0 Å². The van der Waals surface area contributed by atoms with Gasteiger partial charge in [0, 0.05) is 5.69 Å². The molecule has 5 nitrogen and oxygen atoms in total.